The van der Waals surface area contributed by atoms with Crippen LogP contribution in [0.2, 0.25) is 5.82 Å². The summed E-state index contributed by atoms with van der Waals surface area (Å²) in [6.07, 6.45) is -1.06. The maximum atomic E-state index is 13.0. The number of ketones is 1. The van der Waals surface area contributed by atoms with E-state index in [0.717, 1.165) is 0 Å². The monoisotopic (exact) mass is 442 g/mol. The molecule has 1 heterocycles. The summed E-state index contributed by atoms with van der Waals surface area (Å²) >= 11 is 0. The van der Waals surface area contributed by atoms with Gasteiger partial charge in [0.1, 0.15) is 17.1 Å². The van der Waals surface area contributed by atoms with Crippen molar-refractivity contribution in [3.8, 4) is 5.75 Å². The lowest BCUT2D eigenvalue weighted by atomic mass is 9.64. The Labute approximate surface area is 178 Å². The lowest BCUT2D eigenvalue weighted by Crippen LogP contribution is -2.37. The summed E-state index contributed by atoms with van der Waals surface area (Å²) in [6.45, 7) is 2.98. The van der Waals surface area contributed by atoms with Crippen LogP contribution in [-0.2, 0) is 30.2 Å². The van der Waals surface area contributed by atoms with Crippen LogP contribution < -0.4 is 4.65 Å². The summed E-state index contributed by atoms with van der Waals surface area (Å²) in [6, 6.07) is 4.58. The molecule has 1 aliphatic heterocycles. The number of hydrogen-bond acceptors (Lipinski definition) is 8. The fourth-order valence-corrected chi connectivity index (χ4v) is 3.00. The van der Waals surface area contributed by atoms with E-state index >= 15 is 0 Å². The third kappa shape index (κ3) is 6.73. The third-order valence-electron chi connectivity index (χ3n) is 4.82. The van der Waals surface area contributed by atoms with Crippen molar-refractivity contribution >= 4 is 24.8 Å². The molecular formula is C20H25BF2O8. The van der Waals surface area contributed by atoms with Crippen LogP contribution in [0.1, 0.15) is 49.5 Å². The molecule has 0 saturated heterocycles. The van der Waals surface area contributed by atoms with Crippen LogP contribution in [0.15, 0.2) is 18.2 Å². The Hall–Kier alpha value is -2.53. The molecule has 1 N–H and O–H groups in total. The second-order valence-electron chi connectivity index (χ2n) is 7.95. The number of para-hydroxylation sites is 1. The average molecular weight is 442 g/mol. The largest absolute Gasteiger partial charge is 0.535 e. The minimum atomic E-state index is -3.13. The van der Waals surface area contributed by atoms with E-state index in [2.05, 4.69) is 0 Å². The smallest absolute Gasteiger partial charge is 0.526 e. The zero-order valence-corrected chi connectivity index (χ0v) is 17.8. The minimum absolute atomic E-state index is 0.0107. The third-order valence-corrected chi connectivity index (χ3v) is 4.82. The number of rotatable bonds is 9. The van der Waals surface area contributed by atoms with Gasteiger partial charge in [0, 0.05) is 19.3 Å². The van der Waals surface area contributed by atoms with Crippen molar-refractivity contribution in [1.82, 2.24) is 0 Å². The van der Waals surface area contributed by atoms with Gasteiger partial charge in [-0.25, -0.2) is 18.4 Å². The minimum Gasteiger partial charge on any atom is -0.535 e. The van der Waals surface area contributed by atoms with Crippen LogP contribution >= 0.6 is 0 Å². The molecular weight excluding hydrogens is 417 g/mol. The van der Waals surface area contributed by atoms with Crippen LogP contribution in [0, 0.1) is 0 Å². The number of ether oxygens (including phenoxy) is 3. The topological polar surface area (TPSA) is 108 Å². The number of Topliss-reactive ketones (excluding diaryl/α,β-unsaturated/α-hetero) is 1. The fraction of sp³-hybridized carbons (Fsp3) is 0.550. The molecule has 0 aliphatic carbocycles. The maximum Gasteiger partial charge on any atom is 0.526 e. The van der Waals surface area contributed by atoms with Crippen LogP contribution in [0.4, 0.5) is 8.78 Å². The van der Waals surface area contributed by atoms with Crippen molar-refractivity contribution in [3.05, 3.63) is 29.3 Å². The number of carbonyl (C=O) groups is 3. The van der Waals surface area contributed by atoms with E-state index in [0.29, 0.717) is 12.5 Å². The molecule has 0 amide bonds. The SMILES string of the molecule is COC(C)(C)C(=O)OCOC(=O)c1cccc2c1OB(O)[C@@H](CC(=O)CC(C)(F)F)C2. The van der Waals surface area contributed by atoms with Gasteiger partial charge >= 0.3 is 19.1 Å². The molecule has 1 aliphatic rings. The van der Waals surface area contributed by atoms with E-state index in [1.807, 2.05) is 0 Å². The van der Waals surface area contributed by atoms with Gasteiger partial charge in [-0.3, -0.25) is 4.79 Å². The van der Waals surface area contributed by atoms with Crippen LogP contribution in [0.3, 0.4) is 0 Å². The standard InChI is InChI=1S/C20H25BF2O8/c1-19(2,28-4)18(26)30-11-29-17(25)15-7-5-6-12-8-13(21(27)31-16(12)15)9-14(24)10-20(3,22)23/h5-7,13,27H,8-11H2,1-4H3/t13-/m1/s1. The second kappa shape index (κ2) is 9.74. The van der Waals surface area contributed by atoms with Crippen LogP contribution in [0.5, 0.6) is 5.75 Å². The summed E-state index contributed by atoms with van der Waals surface area (Å²) < 4.78 is 46.3. The van der Waals surface area contributed by atoms with E-state index in [1.165, 1.54) is 27.0 Å². The van der Waals surface area contributed by atoms with Gasteiger partial charge in [-0.15, -0.1) is 0 Å². The zero-order chi connectivity index (χ0) is 23.4. The van der Waals surface area contributed by atoms with Crippen molar-refractivity contribution in [2.45, 2.75) is 57.4 Å². The van der Waals surface area contributed by atoms with E-state index in [9.17, 15) is 28.2 Å². The molecule has 31 heavy (non-hydrogen) atoms. The Morgan fingerprint density at radius 1 is 1.23 bits per heavy atom. The Kier molecular flexibility index (Phi) is 7.77. The summed E-state index contributed by atoms with van der Waals surface area (Å²) in [5, 5.41) is 10.2. The van der Waals surface area contributed by atoms with Gasteiger partial charge < -0.3 is 23.9 Å². The first-order valence-corrected chi connectivity index (χ1v) is 9.59. The summed E-state index contributed by atoms with van der Waals surface area (Å²) in [4.78, 5) is 36.1. The molecule has 0 unspecified atom stereocenters. The first-order valence-electron chi connectivity index (χ1n) is 9.59. The number of fused-ring (bicyclic) bond motifs is 1. The number of benzene rings is 1. The van der Waals surface area contributed by atoms with E-state index in [-0.39, 0.29) is 24.2 Å². The van der Waals surface area contributed by atoms with Crippen molar-refractivity contribution in [2.75, 3.05) is 13.9 Å². The number of halogens is 2. The molecule has 1 aromatic rings. The Bertz CT molecular complexity index is 837. The highest BCUT2D eigenvalue weighted by Crippen LogP contribution is 2.37. The van der Waals surface area contributed by atoms with Crippen molar-refractivity contribution < 1.29 is 47.1 Å². The number of hydrogen-bond donors (Lipinski definition) is 1. The first-order chi connectivity index (χ1) is 14.3. The Balaban J connectivity index is 2.03. The molecule has 0 bridgehead atoms. The number of methoxy groups -OCH3 is 1. The highest BCUT2D eigenvalue weighted by Gasteiger charge is 2.39. The molecule has 170 valence electrons. The quantitative estimate of drug-likeness (QED) is 0.353. The van der Waals surface area contributed by atoms with E-state index in [1.54, 1.807) is 12.1 Å². The molecule has 2 rings (SSSR count). The van der Waals surface area contributed by atoms with Gasteiger partial charge in [-0.2, -0.15) is 0 Å². The van der Waals surface area contributed by atoms with Crippen molar-refractivity contribution in [3.63, 3.8) is 0 Å². The molecule has 1 atom stereocenters. The van der Waals surface area contributed by atoms with Gasteiger partial charge in [0.05, 0.1) is 6.42 Å². The molecule has 0 fully saturated rings. The average Bonchev–Trinajstić information content (AvgIpc) is 2.66. The maximum absolute atomic E-state index is 13.0. The molecule has 8 nitrogen and oxygen atoms in total. The summed E-state index contributed by atoms with van der Waals surface area (Å²) in [5.41, 5.74) is -0.707. The Morgan fingerprint density at radius 2 is 1.90 bits per heavy atom. The summed E-state index contributed by atoms with van der Waals surface area (Å²) in [7, 11) is -0.128. The van der Waals surface area contributed by atoms with Gasteiger partial charge in [-0.1, -0.05) is 12.1 Å². The highest BCUT2D eigenvalue weighted by molar-refractivity contribution is 6.47. The molecule has 0 radical (unpaired) electrons. The number of alkyl halides is 2. The second-order valence-corrected chi connectivity index (χ2v) is 7.95. The summed E-state index contributed by atoms with van der Waals surface area (Å²) in [5.74, 6) is -6.07. The van der Waals surface area contributed by atoms with Gasteiger partial charge in [0.2, 0.25) is 6.79 Å². The predicted octanol–water partition coefficient (Wildman–Crippen LogP) is 2.56. The highest BCUT2D eigenvalue weighted by atomic mass is 19.3. The number of carbonyl (C=O) groups excluding carboxylic acids is 3. The number of esters is 2. The van der Waals surface area contributed by atoms with Crippen molar-refractivity contribution in [2.24, 2.45) is 0 Å². The normalized spacial score (nSPS) is 16.2. The van der Waals surface area contributed by atoms with Crippen LogP contribution in [0.25, 0.3) is 0 Å². The van der Waals surface area contributed by atoms with Gasteiger partial charge in [0.25, 0.3) is 5.92 Å². The predicted molar refractivity (Wildman–Crippen MR) is 105 cm³/mol. The first kappa shape index (κ1) is 24.7. The van der Waals surface area contributed by atoms with Gasteiger partial charge in [0.15, 0.2) is 5.60 Å². The van der Waals surface area contributed by atoms with Crippen molar-refractivity contribution in [1.29, 1.82) is 0 Å². The molecule has 0 aromatic heterocycles. The molecule has 1 aromatic carbocycles. The lowest BCUT2D eigenvalue weighted by Gasteiger charge is -2.28. The van der Waals surface area contributed by atoms with E-state index < -0.39 is 55.4 Å². The molecule has 11 heteroatoms. The van der Waals surface area contributed by atoms with Crippen LogP contribution in [-0.4, -0.2) is 55.3 Å². The Morgan fingerprint density at radius 3 is 2.52 bits per heavy atom. The molecule has 0 saturated carbocycles. The zero-order valence-electron chi connectivity index (χ0n) is 17.8. The molecule has 0 spiro atoms. The fourth-order valence-electron chi connectivity index (χ4n) is 3.00. The van der Waals surface area contributed by atoms with Gasteiger partial charge in [-0.05, 0) is 38.8 Å². The lowest BCUT2D eigenvalue weighted by molar-refractivity contribution is -0.173. The van der Waals surface area contributed by atoms with E-state index in [4.69, 9.17) is 18.9 Å².